The second-order valence-electron chi connectivity index (χ2n) is 4.09. The lowest BCUT2D eigenvalue weighted by Gasteiger charge is -2.19. The monoisotopic (exact) mass is 352 g/mol. The van der Waals surface area contributed by atoms with Gasteiger partial charge in [-0.2, -0.15) is 0 Å². The van der Waals surface area contributed by atoms with Crippen molar-refractivity contribution in [2.45, 2.75) is 24.0 Å². The van der Waals surface area contributed by atoms with Gasteiger partial charge >= 0.3 is 5.97 Å². The van der Waals surface area contributed by atoms with Crippen LogP contribution in [-0.2, 0) is 25.6 Å². The minimum absolute atomic E-state index is 0.304. The number of hydrogen-bond acceptors (Lipinski definition) is 3. The molecule has 1 rings (SSSR count). The summed E-state index contributed by atoms with van der Waals surface area (Å²) >= 11 is 7.55. The molecule has 0 radical (unpaired) electrons. The lowest BCUT2D eigenvalue weighted by Crippen LogP contribution is -2.31. The van der Waals surface area contributed by atoms with Crippen LogP contribution in [0.2, 0.25) is 0 Å². The van der Waals surface area contributed by atoms with Crippen molar-refractivity contribution in [1.82, 2.24) is 0 Å². The first-order valence-corrected chi connectivity index (χ1v) is 7.88. The normalized spacial score (nSPS) is 15.8. The first-order chi connectivity index (χ1) is 8.45. The zero-order chi connectivity index (χ0) is 13.6. The molecule has 2 unspecified atom stereocenters. The quantitative estimate of drug-likeness (QED) is 0.583. The summed E-state index contributed by atoms with van der Waals surface area (Å²) in [5.74, 6) is 0.259. The van der Waals surface area contributed by atoms with E-state index in [0.717, 1.165) is 5.56 Å². The molecule has 0 aliphatic carbocycles. The molecule has 100 valence electrons. The van der Waals surface area contributed by atoms with E-state index in [0.29, 0.717) is 17.9 Å². The smallest absolute Gasteiger partial charge is 0.338 e. The van der Waals surface area contributed by atoms with Crippen LogP contribution in [0, 0.1) is 0 Å². The van der Waals surface area contributed by atoms with Crippen LogP contribution in [-0.4, -0.2) is 21.1 Å². The van der Waals surface area contributed by atoms with Gasteiger partial charge in [0.05, 0.1) is 0 Å². The molecule has 6 heteroatoms. The molecule has 0 aromatic heterocycles. The summed E-state index contributed by atoms with van der Waals surface area (Å²) in [6.45, 7) is 1.55. The Morgan fingerprint density at radius 1 is 1.50 bits per heavy atom. The molecule has 0 fully saturated rings. The molecular weight excluding hydrogens is 340 g/mol. The third-order valence-electron chi connectivity index (χ3n) is 2.47. The van der Waals surface area contributed by atoms with E-state index in [-0.39, 0.29) is 0 Å². The number of hydrogen-bond donors (Lipinski definition) is 0. The Hall–Kier alpha value is -0.230. The molecule has 0 aliphatic rings. The molecule has 0 saturated heterocycles. The molecule has 1 aromatic carbocycles. The van der Waals surface area contributed by atoms with E-state index in [9.17, 15) is 9.35 Å². The van der Waals surface area contributed by atoms with Crippen molar-refractivity contribution in [2.24, 2.45) is 0 Å². The first-order valence-electron chi connectivity index (χ1n) is 5.36. The number of carbonyl (C=O) groups excluding carboxylic acids is 1. The van der Waals surface area contributed by atoms with Gasteiger partial charge in [0.2, 0.25) is 0 Å². The zero-order valence-electron chi connectivity index (χ0n) is 9.90. The largest absolute Gasteiger partial charge is 0.616 e. The molecule has 0 bridgehead atoms. The van der Waals surface area contributed by atoms with Gasteiger partial charge in [0.15, 0.2) is 16.3 Å². The van der Waals surface area contributed by atoms with Crippen molar-refractivity contribution in [3.8, 4) is 0 Å². The van der Waals surface area contributed by atoms with Crippen LogP contribution in [0.15, 0.2) is 30.3 Å². The maximum Gasteiger partial charge on any atom is 0.338 e. The molecular formula is C12H14BrClO3S. The summed E-state index contributed by atoms with van der Waals surface area (Å²) in [5, 5.41) is 0. The van der Waals surface area contributed by atoms with Crippen molar-refractivity contribution in [3.05, 3.63) is 35.9 Å². The average molecular weight is 354 g/mol. The number of carbonyl (C=O) groups is 1. The topological polar surface area (TPSA) is 49.4 Å². The van der Waals surface area contributed by atoms with E-state index < -0.39 is 22.0 Å². The molecule has 2 atom stereocenters. The van der Waals surface area contributed by atoms with Crippen molar-refractivity contribution < 1.29 is 13.2 Å². The van der Waals surface area contributed by atoms with Gasteiger partial charge in [-0.15, -0.1) is 11.6 Å². The Kier molecular flexibility index (Phi) is 6.49. The molecule has 0 heterocycles. The molecule has 0 spiro atoms. The van der Waals surface area contributed by atoms with Crippen molar-refractivity contribution in [1.29, 1.82) is 0 Å². The summed E-state index contributed by atoms with van der Waals surface area (Å²) in [6.07, 6.45) is 0.304. The van der Waals surface area contributed by atoms with Crippen LogP contribution >= 0.6 is 27.9 Å². The highest BCUT2D eigenvalue weighted by atomic mass is 79.9. The van der Waals surface area contributed by atoms with Gasteiger partial charge in [0.25, 0.3) is 0 Å². The SMILES string of the molecule is CC(Cl)(CC[S+]([O-])Cc1ccccc1)C(=O)OBr. The Balaban J connectivity index is 2.42. The number of alkyl halides is 1. The van der Waals surface area contributed by atoms with Crippen LogP contribution in [0.4, 0.5) is 0 Å². The van der Waals surface area contributed by atoms with Crippen LogP contribution in [0.25, 0.3) is 0 Å². The van der Waals surface area contributed by atoms with Crippen molar-refractivity contribution in [3.63, 3.8) is 0 Å². The van der Waals surface area contributed by atoms with E-state index >= 15 is 0 Å². The molecule has 1 aromatic rings. The number of rotatable bonds is 6. The highest BCUT2D eigenvalue weighted by Gasteiger charge is 2.33. The second-order valence-corrected chi connectivity index (χ2v) is 6.82. The zero-order valence-corrected chi connectivity index (χ0v) is 13.1. The fraction of sp³-hybridized carbons (Fsp3) is 0.417. The predicted octanol–water partition coefficient (Wildman–Crippen LogP) is 3.18. The van der Waals surface area contributed by atoms with Gasteiger partial charge in [-0.1, -0.05) is 30.3 Å². The average Bonchev–Trinajstić information content (AvgIpc) is 2.36. The van der Waals surface area contributed by atoms with Gasteiger partial charge in [0.1, 0.15) is 16.4 Å². The summed E-state index contributed by atoms with van der Waals surface area (Å²) in [4.78, 5) is 10.2. The first kappa shape index (κ1) is 15.8. The van der Waals surface area contributed by atoms with Crippen molar-refractivity contribution in [2.75, 3.05) is 5.75 Å². The summed E-state index contributed by atoms with van der Waals surface area (Å²) in [7, 11) is 0. The molecule has 0 N–H and O–H groups in total. The van der Waals surface area contributed by atoms with Crippen LogP contribution in [0.1, 0.15) is 18.9 Å². The molecule has 3 nitrogen and oxygen atoms in total. The summed E-state index contributed by atoms with van der Waals surface area (Å²) in [6, 6.07) is 9.56. The van der Waals surface area contributed by atoms with E-state index in [1.165, 1.54) is 0 Å². The molecule has 18 heavy (non-hydrogen) atoms. The maximum absolute atomic E-state index is 11.9. The van der Waals surface area contributed by atoms with Gasteiger partial charge in [-0.25, -0.2) is 4.79 Å². The Morgan fingerprint density at radius 2 is 2.11 bits per heavy atom. The minimum Gasteiger partial charge on any atom is -0.616 e. The minimum atomic E-state index is -1.14. The lowest BCUT2D eigenvalue weighted by atomic mass is 10.1. The van der Waals surface area contributed by atoms with Gasteiger partial charge < -0.3 is 8.38 Å². The van der Waals surface area contributed by atoms with Crippen LogP contribution in [0.5, 0.6) is 0 Å². The van der Waals surface area contributed by atoms with Gasteiger partial charge in [-0.05, 0) is 18.1 Å². The molecule has 0 saturated carbocycles. The second kappa shape index (κ2) is 7.38. The standard InChI is InChI=1S/C12H14BrClO3S/c1-12(14,11(15)17-13)7-8-18(16)9-10-5-3-2-4-6-10/h2-6H,7-9H2,1H3. The van der Waals surface area contributed by atoms with Gasteiger partial charge in [-0.3, -0.25) is 0 Å². The maximum atomic E-state index is 11.9. The fourth-order valence-electron chi connectivity index (χ4n) is 1.32. The van der Waals surface area contributed by atoms with E-state index in [2.05, 4.69) is 20.1 Å². The summed E-state index contributed by atoms with van der Waals surface area (Å²) < 4.78 is 16.3. The Morgan fingerprint density at radius 3 is 2.67 bits per heavy atom. The highest BCUT2D eigenvalue weighted by molar-refractivity contribution is 9.06. The van der Waals surface area contributed by atoms with Gasteiger partial charge in [0, 0.05) is 12.0 Å². The predicted molar refractivity (Wildman–Crippen MR) is 77.0 cm³/mol. The Labute approximate surface area is 123 Å². The third kappa shape index (κ3) is 5.18. The molecule has 0 aliphatic heterocycles. The number of benzene rings is 1. The number of halogens is 2. The van der Waals surface area contributed by atoms with Crippen LogP contribution < -0.4 is 0 Å². The fourth-order valence-corrected chi connectivity index (χ4v) is 3.36. The highest BCUT2D eigenvalue weighted by Crippen LogP contribution is 2.23. The Bertz CT molecular complexity index is 386. The third-order valence-corrected chi connectivity index (χ3v) is 4.42. The van der Waals surface area contributed by atoms with Crippen LogP contribution in [0.3, 0.4) is 0 Å². The van der Waals surface area contributed by atoms with E-state index in [1.54, 1.807) is 6.92 Å². The lowest BCUT2D eigenvalue weighted by molar-refractivity contribution is -0.134. The molecule has 0 amide bonds. The van der Waals surface area contributed by atoms with Crippen molar-refractivity contribution >= 4 is 45.0 Å². The van der Waals surface area contributed by atoms with E-state index in [1.807, 2.05) is 30.3 Å². The summed E-state index contributed by atoms with van der Waals surface area (Å²) in [5.41, 5.74) is 1.01. The van der Waals surface area contributed by atoms with E-state index in [4.69, 9.17) is 11.6 Å².